The number of carbonyl (C=O) groups is 1. The van der Waals surface area contributed by atoms with Gasteiger partial charge in [0.1, 0.15) is 12.4 Å². The van der Waals surface area contributed by atoms with E-state index in [0.29, 0.717) is 6.54 Å². The number of aryl methyl sites for hydroxylation is 2. The van der Waals surface area contributed by atoms with Crippen LogP contribution in [0, 0.1) is 10.5 Å². The molecule has 1 N–H and O–H groups in total. The van der Waals surface area contributed by atoms with E-state index in [1.54, 1.807) is 4.57 Å². The van der Waals surface area contributed by atoms with Gasteiger partial charge in [-0.25, -0.2) is 9.48 Å². The highest BCUT2D eigenvalue weighted by Crippen LogP contribution is 2.17. The molecule has 3 rings (SSSR count). The van der Waals surface area contributed by atoms with Crippen molar-refractivity contribution >= 4 is 34.2 Å². The molecule has 2 aromatic rings. The Balaban J connectivity index is 1.74. The molecule has 0 unspecified atom stereocenters. The number of halogens is 1. The van der Waals surface area contributed by atoms with Crippen LogP contribution in [0.15, 0.2) is 23.0 Å². The lowest BCUT2D eigenvalue weighted by Gasteiger charge is -2.08. The van der Waals surface area contributed by atoms with Crippen molar-refractivity contribution in [1.82, 2.24) is 14.3 Å². The molecule has 122 valence electrons. The second-order valence-corrected chi connectivity index (χ2v) is 7.07. The molecule has 0 atom stereocenters. The van der Waals surface area contributed by atoms with E-state index in [9.17, 15) is 9.59 Å². The van der Waals surface area contributed by atoms with E-state index >= 15 is 0 Å². The number of aromatic nitrogens is 3. The van der Waals surface area contributed by atoms with Gasteiger partial charge in [-0.1, -0.05) is 6.42 Å². The Morgan fingerprint density at radius 2 is 2.17 bits per heavy atom. The highest BCUT2D eigenvalue weighted by Gasteiger charge is 2.17. The quantitative estimate of drug-likeness (QED) is 0.767. The van der Waals surface area contributed by atoms with Crippen molar-refractivity contribution in [3.05, 3.63) is 43.6 Å². The molecule has 1 aromatic carbocycles. The standard InChI is InChI=1S/C16H19IN4O2/c1-11-9-12(17)6-7-13(11)18-15(22)10-21-16(23)20-8-4-2-3-5-14(20)19-21/h6-7,9H,2-5,8,10H2,1H3,(H,18,22). The summed E-state index contributed by atoms with van der Waals surface area (Å²) >= 11 is 2.23. The molecule has 1 amide bonds. The first-order valence-electron chi connectivity index (χ1n) is 7.77. The zero-order valence-electron chi connectivity index (χ0n) is 13.0. The van der Waals surface area contributed by atoms with E-state index in [0.717, 1.165) is 46.3 Å². The van der Waals surface area contributed by atoms with Crippen molar-refractivity contribution in [2.75, 3.05) is 5.32 Å². The minimum absolute atomic E-state index is 0.0513. The second-order valence-electron chi connectivity index (χ2n) is 5.83. The summed E-state index contributed by atoms with van der Waals surface area (Å²) in [5, 5.41) is 7.19. The third-order valence-corrected chi connectivity index (χ3v) is 4.71. The van der Waals surface area contributed by atoms with Crippen LogP contribution >= 0.6 is 22.6 Å². The fraction of sp³-hybridized carbons (Fsp3) is 0.438. The average molecular weight is 426 g/mol. The number of benzene rings is 1. The number of amides is 1. The van der Waals surface area contributed by atoms with Gasteiger partial charge in [0, 0.05) is 22.2 Å². The van der Waals surface area contributed by atoms with Gasteiger partial charge in [0.05, 0.1) is 0 Å². The summed E-state index contributed by atoms with van der Waals surface area (Å²) in [5.41, 5.74) is 1.58. The molecule has 0 saturated carbocycles. The van der Waals surface area contributed by atoms with Gasteiger partial charge in [-0.3, -0.25) is 9.36 Å². The van der Waals surface area contributed by atoms with Gasteiger partial charge < -0.3 is 5.32 Å². The summed E-state index contributed by atoms with van der Waals surface area (Å²) in [6.07, 6.45) is 3.96. The average Bonchev–Trinajstić information content (AvgIpc) is 2.68. The fourth-order valence-electron chi connectivity index (χ4n) is 2.82. The van der Waals surface area contributed by atoms with Crippen LogP contribution in [0.3, 0.4) is 0 Å². The Labute approximate surface area is 148 Å². The summed E-state index contributed by atoms with van der Waals surface area (Å²) in [4.78, 5) is 24.6. The first kappa shape index (κ1) is 16.2. The molecule has 0 bridgehead atoms. The minimum atomic E-state index is -0.232. The van der Waals surface area contributed by atoms with Gasteiger partial charge in [0.15, 0.2) is 0 Å². The van der Waals surface area contributed by atoms with Crippen LogP contribution in [-0.2, 0) is 24.3 Å². The molecule has 0 spiro atoms. The predicted octanol–water partition coefficient (Wildman–Crippen LogP) is 2.32. The molecule has 23 heavy (non-hydrogen) atoms. The van der Waals surface area contributed by atoms with Crippen LogP contribution in [-0.4, -0.2) is 20.3 Å². The van der Waals surface area contributed by atoms with Gasteiger partial charge in [0.2, 0.25) is 5.91 Å². The molecule has 0 saturated heterocycles. The first-order chi connectivity index (χ1) is 11.0. The number of carbonyl (C=O) groups excluding carboxylic acids is 1. The highest BCUT2D eigenvalue weighted by molar-refractivity contribution is 14.1. The topological polar surface area (TPSA) is 68.9 Å². The molecule has 1 aliphatic rings. The Kier molecular flexibility index (Phi) is 4.84. The van der Waals surface area contributed by atoms with Crippen LogP contribution in [0.25, 0.3) is 0 Å². The number of hydrogen-bond acceptors (Lipinski definition) is 3. The highest BCUT2D eigenvalue weighted by atomic mass is 127. The predicted molar refractivity (Wildman–Crippen MR) is 96.6 cm³/mol. The molecule has 7 heteroatoms. The molecule has 0 aliphatic carbocycles. The van der Waals surface area contributed by atoms with Crippen LogP contribution in [0.5, 0.6) is 0 Å². The normalized spacial score (nSPS) is 14.2. The van der Waals surface area contributed by atoms with Crippen molar-refractivity contribution in [1.29, 1.82) is 0 Å². The number of rotatable bonds is 3. The maximum atomic E-state index is 12.3. The van der Waals surface area contributed by atoms with Crippen molar-refractivity contribution in [3.63, 3.8) is 0 Å². The molecule has 0 radical (unpaired) electrons. The molecular weight excluding hydrogens is 407 g/mol. The van der Waals surface area contributed by atoms with E-state index in [1.165, 1.54) is 4.68 Å². The Hall–Kier alpha value is -1.64. The van der Waals surface area contributed by atoms with Gasteiger partial charge in [-0.05, 0) is 66.1 Å². The van der Waals surface area contributed by atoms with Crippen LogP contribution in [0.4, 0.5) is 5.69 Å². The van der Waals surface area contributed by atoms with Gasteiger partial charge in [0.25, 0.3) is 0 Å². The maximum Gasteiger partial charge on any atom is 0.346 e. The van der Waals surface area contributed by atoms with Gasteiger partial charge >= 0.3 is 5.69 Å². The van der Waals surface area contributed by atoms with Crippen LogP contribution in [0.2, 0.25) is 0 Å². The molecule has 2 heterocycles. The Morgan fingerprint density at radius 1 is 1.35 bits per heavy atom. The number of nitrogens with one attached hydrogen (secondary N) is 1. The Morgan fingerprint density at radius 3 is 2.96 bits per heavy atom. The number of anilines is 1. The zero-order valence-corrected chi connectivity index (χ0v) is 15.2. The fourth-order valence-corrected chi connectivity index (χ4v) is 3.47. The SMILES string of the molecule is Cc1cc(I)ccc1NC(=O)Cn1nc2n(c1=O)CCCCC2. The molecule has 0 fully saturated rings. The number of nitrogens with zero attached hydrogens (tertiary/aromatic N) is 3. The van der Waals surface area contributed by atoms with E-state index in [2.05, 4.69) is 33.0 Å². The van der Waals surface area contributed by atoms with Crippen molar-refractivity contribution in [2.45, 2.75) is 45.7 Å². The molecule has 1 aliphatic heterocycles. The van der Waals surface area contributed by atoms with E-state index in [4.69, 9.17) is 0 Å². The summed E-state index contributed by atoms with van der Waals surface area (Å²) < 4.78 is 4.10. The third kappa shape index (κ3) is 3.65. The lowest BCUT2D eigenvalue weighted by molar-refractivity contribution is -0.117. The monoisotopic (exact) mass is 426 g/mol. The van der Waals surface area contributed by atoms with Gasteiger partial charge in [-0.2, -0.15) is 5.10 Å². The van der Waals surface area contributed by atoms with E-state index in [-0.39, 0.29) is 18.1 Å². The summed E-state index contributed by atoms with van der Waals surface area (Å²) in [5.74, 6) is 0.565. The largest absolute Gasteiger partial charge is 0.346 e. The number of fused-ring (bicyclic) bond motifs is 1. The van der Waals surface area contributed by atoms with Gasteiger partial charge in [-0.15, -0.1) is 0 Å². The van der Waals surface area contributed by atoms with Crippen LogP contribution in [0.1, 0.15) is 30.7 Å². The maximum absolute atomic E-state index is 12.3. The summed E-state index contributed by atoms with van der Waals surface area (Å²) in [7, 11) is 0. The van der Waals surface area contributed by atoms with Crippen molar-refractivity contribution in [3.8, 4) is 0 Å². The minimum Gasteiger partial charge on any atom is -0.324 e. The van der Waals surface area contributed by atoms with Crippen molar-refractivity contribution < 1.29 is 4.79 Å². The van der Waals surface area contributed by atoms with Crippen LogP contribution < -0.4 is 11.0 Å². The lowest BCUT2D eigenvalue weighted by atomic mass is 10.2. The number of hydrogen-bond donors (Lipinski definition) is 1. The van der Waals surface area contributed by atoms with E-state index in [1.807, 2.05) is 25.1 Å². The van der Waals surface area contributed by atoms with Crippen molar-refractivity contribution in [2.24, 2.45) is 0 Å². The molecular formula is C16H19IN4O2. The third-order valence-electron chi connectivity index (χ3n) is 4.04. The first-order valence-corrected chi connectivity index (χ1v) is 8.85. The zero-order chi connectivity index (χ0) is 16.4. The molecule has 6 nitrogen and oxygen atoms in total. The summed E-state index contributed by atoms with van der Waals surface area (Å²) in [6, 6.07) is 5.81. The smallest absolute Gasteiger partial charge is 0.324 e. The lowest BCUT2D eigenvalue weighted by Crippen LogP contribution is -2.30. The molecule has 1 aromatic heterocycles. The summed E-state index contributed by atoms with van der Waals surface area (Å²) in [6.45, 7) is 2.60. The Bertz CT molecular complexity index is 794. The second kappa shape index (κ2) is 6.86. The van der Waals surface area contributed by atoms with E-state index < -0.39 is 0 Å².